The summed E-state index contributed by atoms with van der Waals surface area (Å²) in [5, 5.41) is 1.73. The second kappa shape index (κ2) is 6.31. The zero-order valence-electron chi connectivity index (χ0n) is 14.3. The van der Waals surface area contributed by atoms with Crippen molar-refractivity contribution in [2.45, 2.75) is 45.2 Å². The Kier molecular flexibility index (Phi) is 4.10. The molecule has 9 heteroatoms. The van der Waals surface area contributed by atoms with Crippen LogP contribution in [0.4, 0.5) is 4.79 Å². The summed E-state index contributed by atoms with van der Waals surface area (Å²) in [5.74, 6) is -1.45. The summed E-state index contributed by atoms with van der Waals surface area (Å²) < 4.78 is 1.39. The van der Waals surface area contributed by atoms with Crippen molar-refractivity contribution in [3.8, 4) is 0 Å². The third-order valence-corrected chi connectivity index (χ3v) is 5.91. The van der Waals surface area contributed by atoms with Crippen LogP contribution in [0.3, 0.4) is 0 Å². The fraction of sp³-hybridized carbons (Fsp3) is 0.471. The Labute approximate surface area is 153 Å². The van der Waals surface area contributed by atoms with Crippen molar-refractivity contribution >= 4 is 34.1 Å². The molecular weight excluding hydrogens is 356 g/mol. The highest BCUT2D eigenvalue weighted by Crippen LogP contribution is 2.31. The van der Waals surface area contributed by atoms with E-state index < -0.39 is 17.8 Å². The molecule has 0 N–H and O–H groups in total. The first-order chi connectivity index (χ1) is 12.5. The van der Waals surface area contributed by atoms with Gasteiger partial charge in [-0.15, -0.1) is 11.3 Å². The van der Waals surface area contributed by atoms with Gasteiger partial charge in [-0.2, -0.15) is 0 Å². The molecule has 4 amide bonds. The van der Waals surface area contributed by atoms with Gasteiger partial charge >= 0.3 is 17.8 Å². The Bertz CT molecular complexity index is 965. The lowest BCUT2D eigenvalue weighted by atomic mass is 9.85. The van der Waals surface area contributed by atoms with Gasteiger partial charge < -0.3 is 0 Å². The molecule has 0 bridgehead atoms. The molecule has 2 aromatic heterocycles. The van der Waals surface area contributed by atoms with Gasteiger partial charge in [0.05, 0.1) is 12.2 Å². The van der Waals surface area contributed by atoms with E-state index in [1.807, 2.05) is 6.92 Å². The molecule has 0 spiro atoms. The van der Waals surface area contributed by atoms with Crippen molar-refractivity contribution in [1.82, 2.24) is 19.2 Å². The lowest BCUT2D eigenvalue weighted by Gasteiger charge is -2.34. The maximum Gasteiger partial charge on any atom is 0.334 e. The minimum atomic E-state index is -0.846. The number of nitrogens with zero attached hydrogens (tertiary/aromatic N) is 4. The van der Waals surface area contributed by atoms with E-state index in [0.717, 1.165) is 35.5 Å². The fourth-order valence-electron chi connectivity index (χ4n) is 3.77. The first-order valence-corrected chi connectivity index (χ1v) is 9.50. The minimum absolute atomic E-state index is 0.176. The van der Waals surface area contributed by atoms with Gasteiger partial charge in [-0.05, 0) is 18.8 Å². The number of aromatic nitrogens is 2. The van der Waals surface area contributed by atoms with Crippen LogP contribution in [0, 0.1) is 5.92 Å². The van der Waals surface area contributed by atoms with Crippen LogP contribution in [-0.2, 0) is 16.1 Å². The van der Waals surface area contributed by atoms with Gasteiger partial charge in [-0.25, -0.2) is 14.7 Å². The summed E-state index contributed by atoms with van der Waals surface area (Å²) >= 11 is 1.29. The van der Waals surface area contributed by atoms with Gasteiger partial charge in [0.15, 0.2) is 4.96 Å². The molecule has 0 radical (unpaired) electrons. The number of urea groups is 1. The summed E-state index contributed by atoms with van der Waals surface area (Å²) in [7, 11) is 0. The number of hydrogen-bond donors (Lipinski definition) is 0. The van der Waals surface area contributed by atoms with Crippen molar-refractivity contribution in [2.24, 2.45) is 5.92 Å². The van der Waals surface area contributed by atoms with Crippen LogP contribution in [0.1, 0.15) is 38.3 Å². The van der Waals surface area contributed by atoms with Crippen LogP contribution in [0.25, 0.3) is 4.96 Å². The van der Waals surface area contributed by atoms with E-state index in [4.69, 9.17) is 0 Å². The molecule has 0 unspecified atom stereocenters. The predicted octanol–water partition coefficient (Wildman–Crippen LogP) is 1.63. The van der Waals surface area contributed by atoms with Gasteiger partial charge in [0.1, 0.15) is 0 Å². The van der Waals surface area contributed by atoms with Crippen molar-refractivity contribution < 1.29 is 14.4 Å². The van der Waals surface area contributed by atoms with Crippen molar-refractivity contribution in [3.63, 3.8) is 0 Å². The van der Waals surface area contributed by atoms with Crippen molar-refractivity contribution in [3.05, 3.63) is 33.7 Å². The monoisotopic (exact) mass is 374 g/mol. The van der Waals surface area contributed by atoms with E-state index in [2.05, 4.69) is 4.98 Å². The summed E-state index contributed by atoms with van der Waals surface area (Å²) in [6, 6.07) is 0.444. The van der Waals surface area contributed by atoms with E-state index >= 15 is 0 Å². The molecule has 2 aromatic rings. The second-order valence-electron chi connectivity index (χ2n) is 6.82. The lowest BCUT2D eigenvalue weighted by molar-refractivity contribution is -0.144. The van der Waals surface area contributed by atoms with Gasteiger partial charge in [0, 0.05) is 23.7 Å². The molecule has 26 heavy (non-hydrogen) atoms. The Hall–Kier alpha value is -2.55. The van der Waals surface area contributed by atoms with Crippen LogP contribution in [0.2, 0.25) is 0 Å². The average molecular weight is 374 g/mol. The molecule has 2 fully saturated rings. The fourth-order valence-corrected chi connectivity index (χ4v) is 4.50. The number of fused-ring (bicyclic) bond motifs is 1. The van der Waals surface area contributed by atoms with Crippen LogP contribution in [0.15, 0.2) is 22.4 Å². The van der Waals surface area contributed by atoms with Crippen molar-refractivity contribution in [1.29, 1.82) is 0 Å². The molecule has 1 aliphatic carbocycles. The summed E-state index contributed by atoms with van der Waals surface area (Å²) in [6.07, 6.45) is 5.28. The highest BCUT2D eigenvalue weighted by atomic mass is 32.1. The minimum Gasteiger partial charge on any atom is -0.269 e. The molecule has 3 heterocycles. The number of carbonyl (C=O) groups is 3. The highest BCUT2D eigenvalue weighted by Gasteiger charge is 2.49. The van der Waals surface area contributed by atoms with E-state index in [-0.39, 0.29) is 24.1 Å². The van der Waals surface area contributed by atoms with Crippen molar-refractivity contribution in [2.75, 3.05) is 0 Å². The molecule has 1 aliphatic heterocycles. The van der Waals surface area contributed by atoms with E-state index in [1.165, 1.54) is 21.8 Å². The quantitative estimate of drug-likeness (QED) is 0.601. The number of imide groups is 2. The Morgan fingerprint density at radius 2 is 1.92 bits per heavy atom. The SMILES string of the molecule is C[C@H]1CCCC[C@@H]1N1C(=O)C(=O)N(Cc2cc(=O)n3ccsc3n2)C1=O. The molecule has 136 valence electrons. The summed E-state index contributed by atoms with van der Waals surface area (Å²) in [5.41, 5.74) is 0.0138. The first-order valence-electron chi connectivity index (χ1n) is 8.62. The largest absolute Gasteiger partial charge is 0.334 e. The molecule has 2 aliphatic rings. The van der Waals surface area contributed by atoms with Crippen LogP contribution < -0.4 is 5.56 Å². The van der Waals surface area contributed by atoms with Gasteiger partial charge in [0.2, 0.25) is 0 Å². The maximum atomic E-state index is 12.8. The number of thiazole rings is 1. The Balaban J connectivity index is 1.62. The first kappa shape index (κ1) is 16.9. The molecule has 1 saturated carbocycles. The molecule has 0 aromatic carbocycles. The maximum absolute atomic E-state index is 12.8. The number of rotatable bonds is 3. The molecule has 2 atom stereocenters. The van der Waals surface area contributed by atoms with Gasteiger partial charge in [-0.3, -0.25) is 23.7 Å². The number of amides is 4. The molecule has 8 nitrogen and oxygen atoms in total. The zero-order valence-corrected chi connectivity index (χ0v) is 15.1. The van der Waals surface area contributed by atoms with E-state index in [0.29, 0.717) is 10.7 Å². The average Bonchev–Trinajstić information content (AvgIpc) is 3.16. The second-order valence-corrected chi connectivity index (χ2v) is 7.69. The zero-order chi connectivity index (χ0) is 18.4. The van der Waals surface area contributed by atoms with Gasteiger partial charge in [-0.1, -0.05) is 19.8 Å². The number of carbonyl (C=O) groups excluding carboxylic acids is 3. The normalized spacial score (nSPS) is 24.1. The smallest absolute Gasteiger partial charge is 0.269 e. The Morgan fingerprint density at radius 1 is 1.15 bits per heavy atom. The third-order valence-electron chi connectivity index (χ3n) is 5.16. The predicted molar refractivity (Wildman–Crippen MR) is 93.6 cm³/mol. The van der Waals surface area contributed by atoms with Crippen LogP contribution in [0.5, 0.6) is 0 Å². The molecule has 4 rings (SSSR count). The summed E-state index contributed by atoms with van der Waals surface area (Å²) in [6.45, 7) is 1.83. The van der Waals surface area contributed by atoms with Gasteiger partial charge in [0.25, 0.3) is 5.56 Å². The standard InChI is InChI=1S/C17H18N4O4S/c1-10-4-2-3-5-12(10)21-15(24)14(23)20(17(21)25)9-11-8-13(22)19-6-7-26-16(19)18-11/h6-8,10,12H,2-5,9H2,1H3/t10-,12-/m0/s1. The van der Waals surface area contributed by atoms with Crippen LogP contribution in [-0.4, -0.2) is 43.1 Å². The number of hydrogen-bond acceptors (Lipinski definition) is 6. The molecular formula is C17H18N4O4S. The molecule has 1 saturated heterocycles. The Morgan fingerprint density at radius 3 is 2.69 bits per heavy atom. The van der Waals surface area contributed by atoms with E-state index in [9.17, 15) is 19.2 Å². The highest BCUT2D eigenvalue weighted by molar-refractivity contribution is 7.15. The van der Waals surface area contributed by atoms with Crippen LogP contribution >= 0.6 is 11.3 Å². The third kappa shape index (κ3) is 2.63. The summed E-state index contributed by atoms with van der Waals surface area (Å²) in [4.78, 5) is 56.5. The topological polar surface area (TPSA) is 92.1 Å². The van der Waals surface area contributed by atoms with E-state index in [1.54, 1.807) is 11.6 Å². The lowest BCUT2D eigenvalue weighted by Crippen LogP contribution is -2.46.